The van der Waals surface area contributed by atoms with Gasteiger partial charge in [-0.2, -0.15) is 0 Å². The van der Waals surface area contributed by atoms with E-state index in [2.05, 4.69) is 54.5 Å². The van der Waals surface area contributed by atoms with Crippen molar-refractivity contribution in [2.24, 2.45) is 0 Å². The summed E-state index contributed by atoms with van der Waals surface area (Å²) in [5, 5.41) is 3.48. The van der Waals surface area contributed by atoms with Crippen LogP contribution >= 0.6 is 0 Å². The largest absolute Gasteiger partial charge is 0.309 e. The van der Waals surface area contributed by atoms with Crippen LogP contribution in [0.2, 0.25) is 0 Å². The topological polar surface area (TPSA) is 24.9 Å². The van der Waals surface area contributed by atoms with Crippen LogP contribution in [0.3, 0.4) is 0 Å². The molecule has 0 saturated heterocycles. The number of hydrogen-bond donors (Lipinski definition) is 1. The van der Waals surface area contributed by atoms with Crippen LogP contribution in [0.5, 0.6) is 0 Å². The Bertz CT molecular complexity index is 495. The first-order valence-corrected chi connectivity index (χ1v) is 6.34. The molecule has 2 aromatic rings. The molecule has 2 heteroatoms. The van der Waals surface area contributed by atoms with Gasteiger partial charge in [-0.05, 0) is 49.1 Å². The van der Waals surface area contributed by atoms with E-state index < -0.39 is 0 Å². The van der Waals surface area contributed by atoms with Crippen molar-refractivity contribution < 1.29 is 0 Å². The molecule has 0 atom stereocenters. The lowest BCUT2D eigenvalue weighted by atomic mass is 10.0. The van der Waals surface area contributed by atoms with Crippen molar-refractivity contribution in [3.8, 4) is 0 Å². The third kappa shape index (κ3) is 3.17. The fourth-order valence-corrected chi connectivity index (χ4v) is 2.06. The zero-order valence-electron chi connectivity index (χ0n) is 11.3. The van der Waals surface area contributed by atoms with Crippen LogP contribution in [0.25, 0.3) is 0 Å². The van der Waals surface area contributed by atoms with Crippen LogP contribution in [0.1, 0.15) is 27.9 Å². The monoisotopic (exact) mass is 240 g/mol. The molecule has 0 aliphatic heterocycles. The summed E-state index contributed by atoms with van der Waals surface area (Å²) in [5.41, 5.74) is 6.40. The van der Waals surface area contributed by atoms with E-state index in [4.69, 9.17) is 0 Å². The van der Waals surface area contributed by atoms with Crippen molar-refractivity contribution in [2.45, 2.75) is 33.9 Å². The molecule has 0 fully saturated rings. The fraction of sp³-hybridized carbons (Fsp3) is 0.312. The van der Waals surface area contributed by atoms with Crippen LogP contribution in [-0.4, -0.2) is 4.98 Å². The van der Waals surface area contributed by atoms with E-state index in [-0.39, 0.29) is 0 Å². The van der Waals surface area contributed by atoms with Gasteiger partial charge in [0.25, 0.3) is 0 Å². The Morgan fingerprint density at radius 2 is 1.67 bits per heavy atom. The van der Waals surface area contributed by atoms with Crippen LogP contribution in [-0.2, 0) is 13.1 Å². The Hall–Kier alpha value is -1.67. The lowest BCUT2D eigenvalue weighted by molar-refractivity contribution is 0.685. The summed E-state index contributed by atoms with van der Waals surface area (Å²) in [6.45, 7) is 8.11. The van der Waals surface area contributed by atoms with Gasteiger partial charge >= 0.3 is 0 Å². The molecule has 1 aromatic heterocycles. The molecule has 2 nitrogen and oxygen atoms in total. The molecule has 0 aliphatic rings. The Morgan fingerprint density at radius 1 is 0.944 bits per heavy atom. The summed E-state index contributed by atoms with van der Waals surface area (Å²) in [6, 6.07) is 10.6. The molecule has 94 valence electrons. The van der Waals surface area contributed by atoms with Gasteiger partial charge in [0.2, 0.25) is 0 Å². The second-order valence-electron chi connectivity index (χ2n) is 4.78. The zero-order chi connectivity index (χ0) is 13.0. The number of nitrogens with zero attached hydrogens (tertiary/aromatic N) is 1. The Morgan fingerprint density at radius 3 is 2.28 bits per heavy atom. The van der Waals surface area contributed by atoms with Crippen LogP contribution in [0.4, 0.5) is 0 Å². The first-order valence-electron chi connectivity index (χ1n) is 6.34. The van der Waals surface area contributed by atoms with E-state index >= 15 is 0 Å². The van der Waals surface area contributed by atoms with Gasteiger partial charge in [0, 0.05) is 25.0 Å². The van der Waals surface area contributed by atoms with Crippen molar-refractivity contribution in [2.75, 3.05) is 0 Å². The smallest absolute Gasteiger partial charge is 0.0372 e. The molecule has 0 unspecified atom stereocenters. The van der Waals surface area contributed by atoms with E-state index in [1.807, 2.05) is 13.1 Å². The van der Waals surface area contributed by atoms with Crippen molar-refractivity contribution in [1.82, 2.24) is 10.3 Å². The summed E-state index contributed by atoms with van der Waals surface area (Å²) in [6.07, 6.45) is 1.94. The standard InChI is InChI=1S/C16H20N2/c1-12-5-4-6-13(2)16(12)11-17-9-15-8-7-14(3)18-10-15/h4-8,10,17H,9,11H2,1-3H3. The van der Waals surface area contributed by atoms with Crippen LogP contribution in [0.15, 0.2) is 36.5 Å². The van der Waals surface area contributed by atoms with E-state index in [0.717, 1.165) is 18.8 Å². The number of rotatable bonds is 4. The predicted molar refractivity (Wildman–Crippen MR) is 75.4 cm³/mol. The van der Waals surface area contributed by atoms with Crippen LogP contribution < -0.4 is 5.32 Å². The first kappa shape index (κ1) is 12.8. The molecule has 1 N–H and O–H groups in total. The molecule has 0 spiro atoms. The fourth-order valence-electron chi connectivity index (χ4n) is 2.06. The average Bonchev–Trinajstić information content (AvgIpc) is 2.35. The number of nitrogens with one attached hydrogen (secondary N) is 1. The lowest BCUT2D eigenvalue weighted by Gasteiger charge is -2.11. The number of benzene rings is 1. The quantitative estimate of drug-likeness (QED) is 0.887. The van der Waals surface area contributed by atoms with Crippen molar-refractivity contribution in [3.63, 3.8) is 0 Å². The highest BCUT2D eigenvalue weighted by molar-refractivity contribution is 5.33. The Balaban J connectivity index is 1.94. The van der Waals surface area contributed by atoms with E-state index in [0.29, 0.717) is 0 Å². The third-order valence-corrected chi connectivity index (χ3v) is 3.25. The second-order valence-corrected chi connectivity index (χ2v) is 4.78. The Kier molecular flexibility index (Phi) is 4.11. The molecule has 2 rings (SSSR count). The molecular weight excluding hydrogens is 220 g/mol. The lowest BCUT2D eigenvalue weighted by Crippen LogP contribution is -2.14. The summed E-state index contributed by atoms with van der Waals surface area (Å²) >= 11 is 0. The normalized spacial score (nSPS) is 10.6. The Labute approximate surface area is 109 Å². The maximum atomic E-state index is 4.30. The molecule has 18 heavy (non-hydrogen) atoms. The van der Waals surface area contributed by atoms with E-state index in [1.165, 1.54) is 22.3 Å². The molecule has 0 amide bonds. The minimum atomic E-state index is 0.862. The van der Waals surface area contributed by atoms with Crippen LogP contribution in [0, 0.1) is 20.8 Å². The van der Waals surface area contributed by atoms with Gasteiger partial charge in [0.15, 0.2) is 0 Å². The maximum Gasteiger partial charge on any atom is 0.0372 e. The van der Waals surface area contributed by atoms with Gasteiger partial charge in [-0.1, -0.05) is 24.3 Å². The molecular formula is C16H20N2. The number of pyridine rings is 1. The molecule has 1 heterocycles. The highest BCUT2D eigenvalue weighted by atomic mass is 14.9. The summed E-state index contributed by atoms with van der Waals surface area (Å²) < 4.78 is 0. The average molecular weight is 240 g/mol. The van der Waals surface area contributed by atoms with Crippen molar-refractivity contribution >= 4 is 0 Å². The molecule has 1 aromatic carbocycles. The van der Waals surface area contributed by atoms with Gasteiger partial charge in [-0.15, -0.1) is 0 Å². The van der Waals surface area contributed by atoms with Gasteiger partial charge in [-0.25, -0.2) is 0 Å². The summed E-state index contributed by atoms with van der Waals surface area (Å²) in [5.74, 6) is 0. The second kappa shape index (κ2) is 5.78. The molecule has 0 radical (unpaired) electrons. The third-order valence-electron chi connectivity index (χ3n) is 3.25. The number of aromatic nitrogens is 1. The van der Waals surface area contributed by atoms with Gasteiger partial charge in [0.05, 0.1) is 0 Å². The van der Waals surface area contributed by atoms with E-state index in [9.17, 15) is 0 Å². The van der Waals surface area contributed by atoms with Crippen molar-refractivity contribution in [3.05, 3.63) is 64.5 Å². The van der Waals surface area contributed by atoms with Gasteiger partial charge < -0.3 is 5.32 Å². The van der Waals surface area contributed by atoms with Crippen molar-refractivity contribution in [1.29, 1.82) is 0 Å². The highest BCUT2D eigenvalue weighted by Crippen LogP contribution is 2.12. The molecule has 0 saturated carbocycles. The number of aryl methyl sites for hydroxylation is 3. The van der Waals surface area contributed by atoms with Gasteiger partial charge in [0.1, 0.15) is 0 Å². The van der Waals surface area contributed by atoms with Gasteiger partial charge in [-0.3, -0.25) is 4.98 Å². The summed E-state index contributed by atoms with van der Waals surface area (Å²) in [7, 11) is 0. The van der Waals surface area contributed by atoms with E-state index in [1.54, 1.807) is 0 Å². The first-order chi connectivity index (χ1) is 8.66. The highest BCUT2D eigenvalue weighted by Gasteiger charge is 2.01. The molecule has 0 aliphatic carbocycles. The summed E-state index contributed by atoms with van der Waals surface area (Å²) in [4.78, 5) is 4.30. The molecule has 0 bridgehead atoms. The minimum absolute atomic E-state index is 0.862. The number of hydrogen-bond acceptors (Lipinski definition) is 2. The SMILES string of the molecule is Cc1ccc(CNCc2c(C)cccc2C)cn1. The maximum absolute atomic E-state index is 4.30. The zero-order valence-corrected chi connectivity index (χ0v) is 11.3. The minimum Gasteiger partial charge on any atom is -0.309 e. The predicted octanol–water partition coefficient (Wildman–Crippen LogP) is 3.30.